The van der Waals surface area contributed by atoms with Gasteiger partial charge in [-0.1, -0.05) is 44.0 Å². The summed E-state index contributed by atoms with van der Waals surface area (Å²) in [7, 11) is -9.96. The van der Waals surface area contributed by atoms with E-state index in [1.807, 2.05) is 17.9 Å². The van der Waals surface area contributed by atoms with Gasteiger partial charge in [0.05, 0.1) is 29.6 Å². The Morgan fingerprint density at radius 1 is 1.20 bits per heavy atom. The van der Waals surface area contributed by atoms with Gasteiger partial charge in [-0.25, -0.2) is 0 Å². The number of piperazine rings is 1. The second-order valence-corrected chi connectivity index (χ2v) is 12.5. The molecule has 10 nitrogen and oxygen atoms in total. The molecule has 5 rings (SSSR count). The van der Waals surface area contributed by atoms with Crippen molar-refractivity contribution >= 4 is 50.5 Å². The van der Waals surface area contributed by atoms with E-state index in [4.69, 9.17) is 16.3 Å². The highest BCUT2D eigenvalue weighted by Crippen LogP contribution is 3.02. The lowest BCUT2D eigenvalue weighted by Crippen LogP contribution is -2.47. The number of hydrogen-bond acceptors (Lipinski definition) is 7. The summed E-state index contributed by atoms with van der Waals surface area (Å²) < 4.78 is 74.0. The number of halogens is 6. The maximum absolute atomic E-state index is 13.7. The van der Waals surface area contributed by atoms with Crippen LogP contribution in [0.3, 0.4) is 0 Å². The Bertz CT molecular complexity index is 1620. The molecule has 0 bridgehead atoms. The summed E-state index contributed by atoms with van der Waals surface area (Å²) in [5.74, 6) is -0.312. The molecule has 0 atom stereocenters. The van der Waals surface area contributed by atoms with Crippen molar-refractivity contribution in [1.29, 1.82) is 0 Å². The van der Waals surface area contributed by atoms with Crippen LogP contribution in [0.25, 0.3) is 11.4 Å². The molecule has 224 valence electrons. The van der Waals surface area contributed by atoms with E-state index in [0.29, 0.717) is 75.5 Å². The lowest BCUT2D eigenvalue weighted by Gasteiger charge is -2.40. The van der Waals surface area contributed by atoms with E-state index in [-0.39, 0.29) is 23.6 Å². The van der Waals surface area contributed by atoms with Gasteiger partial charge in [0, 0.05) is 26.2 Å². The summed E-state index contributed by atoms with van der Waals surface area (Å²) in [6.07, 6.45) is 2.69. The predicted octanol–water partition coefficient (Wildman–Crippen LogP) is 4.62. The van der Waals surface area contributed by atoms with Crippen LogP contribution in [0.15, 0.2) is 34.0 Å². The number of nitrogens with zero attached hydrogens (tertiary/aromatic N) is 5. The number of carbonyl (C=O) groups excluding carboxylic acids is 1. The van der Waals surface area contributed by atoms with Crippen molar-refractivity contribution in [2.24, 2.45) is 0 Å². The number of amides is 1. The van der Waals surface area contributed by atoms with Gasteiger partial charge in [0.25, 0.3) is 5.56 Å². The molecule has 0 spiro atoms. The summed E-state index contributed by atoms with van der Waals surface area (Å²) >= 11 is 5.86. The summed E-state index contributed by atoms with van der Waals surface area (Å²) in [6.45, 7) is 4.60. The highest BCUT2D eigenvalue weighted by Gasteiger charge is 2.65. The van der Waals surface area contributed by atoms with E-state index < -0.39 is 38.2 Å². The van der Waals surface area contributed by atoms with Crippen LogP contribution >= 0.6 is 21.8 Å². The van der Waals surface area contributed by atoms with Crippen molar-refractivity contribution in [3.63, 3.8) is 0 Å². The topological polar surface area (TPSA) is 106 Å². The number of anilines is 2. The Morgan fingerprint density at radius 3 is 2.54 bits per heavy atom. The third-order valence-electron chi connectivity index (χ3n) is 6.81. The average molecular weight is 624 g/mol. The molecular formula is C24H27ClF5N7O3S. The highest BCUT2D eigenvalue weighted by molar-refractivity contribution is 8.45. The molecule has 1 amide bonds. The number of carbonyl (C=O) groups is 1. The molecule has 2 aromatic heterocycles. The molecule has 0 saturated carbocycles. The molecule has 2 aliphatic rings. The molecule has 2 aliphatic heterocycles. The van der Waals surface area contributed by atoms with Gasteiger partial charge < -0.3 is 24.8 Å². The second-order valence-electron chi connectivity index (χ2n) is 9.64. The van der Waals surface area contributed by atoms with E-state index in [0.717, 1.165) is 10.1 Å². The van der Waals surface area contributed by atoms with Gasteiger partial charge in [-0.05, 0) is 36.6 Å². The van der Waals surface area contributed by atoms with Gasteiger partial charge in [0.15, 0.2) is 5.82 Å². The van der Waals surface area contributed by atoms with Crippen LogP contribution in [-0.2, 0) is 22.5 Å². The molecule has 0 unspecified atom stereocenters. The third kappa shape index (κ3) is 6.05. The van der Waals surface area contributed by atoms with Crippen LogP contribution < -0.4 is 21.1 Å². The molecule has 1 aromatic carbocycles. The van der Waals surface area contributed by atoms with Crippen molar-refractivity contribution < 1.29 is 29.0 Å². The Balaban J connectivity index is 1.56. The molecule has 1 fully saturated rings. The summed E-state index contributed by atoms with van der Waals surface area (Å²) in [5, 5.41) is 9.36. The average Bonchev–Trinajstić information content (AvgIpc) is 3.37. The lowest BCUT2D eigenvalue weighted by atomic mass is 10.1. The first-order valence-corrected chi connectivity index (χ1v) is 15.1. The summed E-state index contributed by atoms with van der Waals surface area (Å²) in [6, 6.07) is 0.934. The molecule has 1 saturated heterocycles. The van der Waals surface area contributed by atoms with Crippen LogP contribution in [-0.4, -0.2) is 64.5 Å². The Hall–Kier alpha value is -3.21. The molecule has 0 aliphatic carbocycles. The Labute approximate surface area is 235 Å². The van der Waals surface area contributed by atoms with Crippen LogP contribution in [0.5, 0.6) is 0 Å². The number of fused-ring (bicyclic) bond motifs is 1. The SMILES string of the molecule is CCc1c(N2CCNCC2)c(=O)n2nc(C3=CCOCC3)nc2n1CC(=O)Nc1ccc(S(F)(F)(F)(F)F)cc1Cl. The van der Waals surface area contributed by atoms with E-state index >= 15 is 0 Å². The summed E-state index contributed by atoms with van der Waals surface area (Å²) in [4.78, 5) is 31.2. The van der Waals surface area contributed by atoms with Gasteiger partial charge in [-0.3, -0.25) is 9.59 Å². The van der Waals surface area contributed by atoms with Crippen LogP contribution in [0, 0.1) is 0 Å². The fourth-order valence-electron chi connectivity index (χ4n) is 4.85. The molecule has 17 heteroatoms. The number of benzene rings is 1. The zero-order valence-corrected chi connectivity index (χ0v) is 23.4. The lowest BCUT2D eigenvalue weighted by molar-refractivity contribution is -0.116. The third-order valence-corrected chi connectivity index (χ3v) is 8.26. The zero-order chi connectivity index (χ0) is 29.6. The smallest absolute Gasteiger partial charge is 0.310 e. The van der Waals surface area contributed by atoms with Crippen LogP contribution in [0.2, 0.25) is 5.02 Å². The fraction of sp³-hybridized carbons (Fsp3) is 0.417. The van der Waals surface area contributed by atoms with E-state index in [9.17, 15) is 29.0 Å². The minimum Gasteiger partial charge on any atom is -0.377 e. The van der Waals surface area contributed by atoms with Crippen molar-refractivity contribution in [1.82, 2.24) is 24.5 Å². The van der Waals surface area contributed by atoms with E-state index in [1.165, 1.54) is 4.57 Å². The minimum atomic E-state index is -9.96. The van der Waals surface area contributed by atoms with E-state index in [2.05, 4.69) is 20.7 Å². The monoisotopic (exact) mass is 623 g/mol. The number of nitrogens with one attached hydrogen (secondary N) is 2. The first-order valence-electron chi connectivity index (χ1n) is 12.7. The molecule has 0 radical (unpaired) electrons. The van der Waals surface area contributed by atoms with Crippen molar-refractivity contribution in [3.8, 4) is 0 Å². The zero-order valence-electron chi connectivity index (χ0n) is 21.8. The molecule has 41 heavy (non-hydrogen) atoms. The highest BCUT2D eigenvalue weighted by atomic mass is 35.5. The largest absolute Gasteiger partial charge is 0.377 e. The maximum Gasteiger partial charge on any atom is 0.310 e. The van der Waals surface area contributed by atoms with Gasteiger partial charge >= 0.3 is 10.2 Å². The molecular weight excluding hydrogens is 597 g/mol. The maximum atomic E-state index is 13.7. The van der Waals surface area contributed by atoms with Gasteiger partial charge in [-0.15, -0.1) is 5.10 Å². The minimum absolute atomic E-state index is 0.0860. The van der Waals surface area contributed by atoms with Crippen LogP contribution in [0.1, 0.15) is 24.9 Å². The van der Waals surface area contributed by atoms with Gasteiger partial charge in [0.1, 0.15) is 17.1 Å². The predicted molar refractivity (Wildman–Crippen MR) is 147 cm³/mol. The number of hydrogen-bond donors (Lipinski definition) is 2. The van der Waals surface area contributed by atoms with Gasteiger partial charge in [0.2, 0.25) is 11.7 Å². The van der Waals surface area contributed by atoms with Crippen molar-refractivity contribution in [3.05, 3.63) is 51.2 Å². The summed E-state index contributed by atoms with van der Waals surface area (Å²) in [5.41, 5.74) is 0.991. The Kier molecular flexibility index (Phi) is 7.11. The van der Waals surface area contributed by atoms with Crippen molar-refractivity contribution in [2.45, 2.75) is 31.2 Å². The second kappa shape index (κ2) is 9.96. The van der Waals surface area contributed by atoms with Crippen molar-refractivity contribution in [2.75, 3.05) is 49.6 Å². The first-order chi connectivity index (χ1) is 19.2. The molecule has 4 heterocycles. The normalized spacial score (nSPS) is 18.1. The number of rotatable bonds is 7. The number of ether oxygens (including phenoxy) is 1. The van der Waals surface area contributed by atoms with Crippen LogP contribution in [0.4, 0.5) is 30.8 Å². The first kappa shape index (κ1) is 29.3. The standard InChI is InChI=1S/C24H27ClF5N7O3S/c1-2-19-21(35-9-7-31-8-10-35)23(39)37-24(33-22(34-37)15-5-11-40-12-6-15)36(19)14-20(38)32-18-4-3-16(13-17(18)25)41(26,27,28,29)30/h3-5,13,31H,2,6-12,14H2,1H3,(H,32,38). The molecule has 2 N–H and O–H groups in total. The molecule has 3 aromatic rings. The Morgan fingerprint density at radius 2 is 1.93 bits per heavy atom. The quantitative estimate of drug-likeness (QED) is 0.370. The fourth-order valence-corrected chi connectivity index (χ4v) is 5.81. The van der Waals surface area contributed by atoms with Gasteiger partial charge in [-0.2, -0.15) is 9.50 Å². The van der Waals surface area contributed by atoms with E-state index in [1.54, 1.807) is 0 Å². The number of aromatic nitrogens is 4.